The monoisotopic (exact) mass is 1230 g/mol. The van der Waals surface area contributed by atoms with Gasteiger partial charge in [0, 0.05) is 41.2 Å². The number of pyridine rings is 2. The fourth-order valence-electron chi connectivity index (χ4n) is 10.8. The Balaban J connectivity index is 0.851. The van der Waals surface area contributed by atoms with Crippen molar-refractivity contribution in [3.05, 3.63) is 110 Å². The van der Waals surface area contributed by atoms with Crippen molar-refractivity contribution in [2.24, 2.45) is 0 Å². The molecule has 3 aliphatic heterocycles. The van der Waals surface area contributed by atoms with E-state index in [4.69, 9.17) is 23.9 Å². The van der Waals surface area contributed by atoms with Gasteiger partial charge in [0.25, 0.3) is 17.4 Å². The minimum Gasteiger partial charge on any atom is -0.459 e. The summed E-state index contributed by atoms with van der Waals surface area (Å²) >= 11 is 0. The molecular formula is C61H71FN10O17. The second-order valence-corrected chi connectivity index (χ2v) is 23.8. The number of amides is 9. The van der Waals surface area contributed by atoms with Crippen LogP contribution >= 0.6 is 0 Å². The lowest BCUT2D eigenvalue weighted by molar-refractivity contribution is -0.172. The summed E-state index contributed by atoms with van der Waals surface area (Å²) in [5.74, 6) is -9.13. The molecule has 474 valence electrons. The van der Waals surface area contributed by atoms with E-state index in [1.54, 1.807) is 91.8 Å². The van der Waals surface area contributed by atoms with Gasteiger partial charge in [0.05, 0.1) is 61.2 Å². The number of hydrogen-bond donors (Lipinski definition) is 7. The third kappa shape index (κ3) is 14.9. The van der Waals surface area contributed by atoms with Crippen molar-refractivity contribution in [3.63, 3.8) is 0 Å². The lowest BCUT2D eigenvalue weighted by Crippen LogP contribution is -2.57. The zero-order valence-electron chi connectivity index (χ0n) is 50.6. The molecule has 0 radical (unpaired) electrons. The van der Waals surface area contributed by atoms with Gasteiger partial charge in [-0.15, -0.1) is 0 Å². The number of fused-ring (bicyclic) bond motifs is 5. The SMILES string of the molecule is CC[C@@]1(O)C(=O)OCc2c1cc1n(c2=O)Cc2c-1nc1cc(F)c(C)c3c1c2[C@H](NC(=O)[C@H](C)OCNC(=O)CNC(=O)[C@H](Cc1ccccc1)NC(=O)CNC(=O)CNC(=O)[C@H](CN(CC(=O)OC(C)(C)C)C(=O)OC(C)(C)C)N1C(=O)C=CC1=O)CC3. The molecule has 0 unspecified atom stereocenters. The van der Waals surface area contributed by atoms with E-state index in [1.165, 1.54) is 17.6 Å². The summed E-state index contributed by atoms with van der Waals surface area (Å²) in [6, 6.07) is 7.59. The predicted octanol–water partition coefficient (Wildman–Crippen LogP) is 1.06. The van der Waals surface area contributed by atoms with Crippen LogP contribution in [-0.4, -0.2) is 159 Å². The molecule has 7 N–H and O–H groups in total. The molecule has 5 atom stereocenters. The second kappa shape index (κ2) is 26.5. The van der Waals surface area contributed by atoms with Crippen molar-refractivity contribution >= 4 is 76.2 Å². The van der Waals surface area contributed by atoms with E-state index in [-0.39, 0.29) is 42.6 Å². The standard InChI is InChI=1S/C61H71FN10O17/c1-10-61(85)37-21-42-52-35(26-71(42)56(82)36(37)29-86-57(61)83)51-39(17-16-34-31(2)38(62)22-40(68-52)50(34)51)69-53(79)32(3)87-30-66-45(74)24-64-54(80)41(20-33-14-12-11-13-15-33)67-46(75)25-63-44(73)23-65-55(81)43(72-47(76)18-19-48(72)77)27-70(58(84)89-60(7,8)9)28-49(78)88-59(4,5)6/h11-15,18-19,21-22,32,39,41,43,85H,10,16-17,20,23-30H2,1-9H3,(H,63,73)(H,64,80)(H,65,81)(H,66,74)(H,67,75)(H,69,79)/t32-,39+,41-,43-,61-/m0/s1. The summed E-state index contributed by atoms with van der Waals surface area (Å²) in [4.78, 5) is 166. The van der Waals surface area contributed by atoms with E-state index in [1.807, 2.05) is 0 Å². The van der Waals surface area contributed by atoms with Crippen LogP contribution in [0.3, 0.4) is 0 Å². The molecule has 89 heavy (non-hydrogen) atoms. The number of esters is 2. The number of hydrogen-bond acceptors (Lipinski definition) is 18. The smallest absolute Gasteiger partial charge is 0.410 e. The van der Waals surface area contributed by atoms with E-state index in [9.17, 15) is 62.6 Å². The van der Waals surface area contributed by atoms with Crippen LogP contribution in [0.15, 0.2) is 59.4 Å². The summed E-state index contributed by atoms with van der Waals surface area (Å²) in [6.45, 7) is 9.67. The summed E-state index contributed by atoms with van der Waals surface area (Å²) in [7, 11) is 0. The first-order chi connectivity index (χ1) is 41.9. The van der Waals surface area contributed by atoms with Crippen molar-refractivity contribution < 1.29 is 81.2 Å². The van der Waals surface area contributed by atoms with Gasteiger partial charge < -0.3 is 60.5 Å². The number of cyclic esters (lactones) is 1. The molecule has 4 aromatic rings. The van der Waals surface area contributed by atoms with Gasteiger partial charge >= 0.3 is 18.0 Å². The molecule has 2 aromatic carbocycles. The van der Waals surface area contributed by atoms with E-state index < -0.39 is 157 Å². The van der Waals surface area contributed by atoms with Gasteiger partial charge in [-0.25, -0.2) is 19.0 Å². The maximum atomic E-state index is 15.5. The molecule has 1 aliphatic carbocycles. The highest BCUT2D eigenvalue weighted by Gasteiger charge is 2.46. The quantitative estimate of drug-likeness (QED) is 0.0220. The van der Waals surface area contributed by atoms with E-state index >= 15 is 4.39 Å². The molecular weight excluding hydrogens is 1160 g/mol. The summed E-state index contributed by atoms with van der Waals surface area (Å²) in [5, 5.41) is 27.1. The average Bonchev–Trinajstić information content (AvgIpc) is 1.64. The number of carbonyl (C=O) groups is 11. The van der Waals surface area contributed by atoms with Crippen LogP contribution < -0.4 is 37.5 Å². The van der Waals surface area contributed by atoms with Crippen molar-refractivity contribution in [1.82, 2.24) is 51.3 Å². The first kappa shape index (κ1) is 65.5. The number of nitrogens with one attached hydrogen (secondary N) is 6. The highest BCUT2D eigenvalue weighted by Crippen LogP contribution is 2.46. The highest BCUT2D eigenvalue weighted by molar-refractivity contribution is 6.15. The molecule has 9 amide bonds. The summed E-state index contributed by atoms with van der Waals surface area (Å²) in [6.07, 6.45) is 0.105. The molecule has 0 bridgehead atoms. The molecule has 5 heterocycles. The van der Waals surface area contributed by atoms with Crippen molar-refractivity contribution in [2.45, 2.75) is 142 Å². The zero-order chi connectivity index (χ0) is 65.0. The van der Waals surface area contributed by atoms with E-state index in [0.29, 0.717) is 62.3 Å². The number of nitrogens with zero attached hydrogens (tertiary/aromatic N) is 4. The molecule has 28 heteroatoms. The zero-order valence-corrected chi connectivity index (χ0v) is 50.6. The van der Waals surface area contributed by atoms with Crippen LogP contribution in [0.4, 0.5) is 9.18 Å². The van der Waals surface area contributed by atoms with Crippen molar-refractivity contribution in [1.29, 1.82) is 0 Å². The van der Waals surface area contributed by atoms with Crippen LogP contribution in [0.2, 0.25) is 0 Å². The van der Waals surface area contributed by atoms with Gasteiger partial charge in [-0.05, 0) is 103 Å². The van der Waals surface area contributed by atoms with Crippen LogP contribution in [0.5, 0.6) is 0 Å². The minimum atomic E-state index is -2.08. The normalized spacial score (nSPS) is 17.4. The molecule has 0 spiro atoms. The van der Waals surface area contributed by atoms with Crippen LogP contribution in [-0.2, 0) is 98.5 Å². The first-order valence-corrected chi connectivity index (χ1v) is 28.8. The number of benzene rings is 2. The van der Waals surface area contributed by atoms with Gasteiger partial charge in [0.2, 0.25) is 35.4 Å². The maximum Gasteiger partial charge on any atom is 0.410 e. The molecule has 0 saturated carbocycles. The Morgan fingerprint density at radius 3 is 2.12 bits per heavy atom. The number of rotatable bonds is 22. The fourth-order valence-corrected chi connectivity index (χ4v) is 10.8. The van der Waals surface area contributed by atoms with Crippen molar-refractivity contribution in [2.75, 3.05) is 39.5 Å². The Kier molecular flexibility index (Phi) is 19.5. The van der Waals surface area contributed by atoms with Gasteiger partial charge in [0.1, 0.15) is 55.1 Å². The minimum absolute atomic E-state index is 0.0197. The fraction of sp³-hybridized carbons (Fsp3) is 0.459. The first-order valence-electron chi connectivity index (χ1n) is 28.8. The maximum absolute atomic E-state index is 15.5. The number of halogens is 1. The van der Waals surface area contributed by atoms with Gasteiger partial charge in [-0.2, -0.15) is 0 Å². The van der Waals surface area contributed by atoms with Gasteiger partial charge in [0.15, 0.2) is 5.60 Å². The Hall–Kier alpha value is -9.44. The lowest BCUT2D eigenvalue weighted by Gasteiger charge is -2.32. The number of imide groups is 1. The molecule has 0 saturated heterocycles. The summed E-state index contributed by atoms with van der Waals surface area (Å²) < 4.78 is 38.7. The Bertz CT molecular complexity index is 3650. The predicted molar refractivity (Wildman–Crippen MR) is 312 cm³/mol. The lowest BCUT2D eigenvalue weighted by atomic mass is 9.81. The molecule has 0 fully saturated rings. The van der Waals surface area contributed by atoms with Gasteiger partial charge in [-0.1, -0.05) is 37.3 Å². The molecule has 27 nitrogen and oxygen atoms in total. The Morgan fingerprint density at radius 2 is 1.47 bits per heavy atom. The number of carbonyl (C=O) groups excluding carboxylic acids is 11. The van der Waals surface area contributed by atoms with Crippen LogP contribution in [0, 0.1) is 12.7 Å². The van der Waals surface area contributed by atoms with Crippen molar-refractivity contribution in [3.8, 4) is 11.4 Å². The highest BCUT2D eigenvalue weighted by atomic mass is 19.1. The Labute approximate surface area is 509 Å². The number of ether oxygens (including phenoxy) is 4. The van der Waals surface area contributed by atoms with E-state index in [2.05, 4.69) is 31.9 Å². The second-order valence-electron chi connectivity index (χ2n) is 23.8. The third-order valence-electron chi connectivity index (χ3n) is 15.1. The topological polar surface area (TPSA) is 358 Å². The third-order valence-corrected chi connectivity index (χ3v) is 15.1. The Morgan fingerprint density at radius 1 is 0.831 bits per heavy atom. The molecule has 2 aromatic heterocycles. The molecule has 4 aliphatic rings. The number of aryl methyl sites for hydroxylation is 1. The number of aliphatic hydroxyl groups is 1. The van der Waals surface area contributed by atoms with Crippen LogP contribution in [0.1, 0.15) is 113 Å². The van der Waals surface area contributed by atoms with Gasteiger partial charge in [-0.3, -0.25) is 57.7 Å². The number of aromatic nitrogens is 2. The molecule has 8 rings (SSSR count). The van der Waals surface area contributed by atoms with E-state index in [0.717, 1.165) is 17.1 Å². The summed E-state index contributed by atoms with van der Waals surface area (Å²) in [5.41, 5.74) is -0.565. The van der Waals surface area contributed by atoms with Crippen LogP contribution in [0.25, 0.3) is 22.3 Å². The largest absolute Gasteiger partial charge is 0.459 e. The average molecular weight is 1240 g/mol.